The van der Waals surface area contributed by atoms with Gasteiger partial charge in [-0.15, -0.1) is 0 Å². The van der Waals surface area contributed by atoms with Crippen molar-refractivity contribution in [3.63, 3.8) is 0 Å². The number of nitrogens with zero attached hydrogens (tertiary/aromatic N) is 1. The van der Waals surface area contributed by atoms with Gasteiger partial charge in [0.25, 0.3) is 0 Å². The summed E-state index contributed by atoms with van der Waals surface area (Å²) in [4.78, 5) is 14.7. The van der Waals surface area contributed by atoms with Gasteiger partial charge in [0, 0.05) is 25.2 Å². The molecule has 0 aromatic heterocycles. The molecule has 0 unspecified atom stereocenters. The number of aryl methyl sites for hydroxylation is 1. The number of hydrogen-bond donors (Lipinski definition) is 1. The van der Waals surface area contributed by atoms with Crippen LogP contribution >= 0.6 is 0 Å². The maximum atomic E-state index is 13.6. The summed E-state index contributed by atoms with van der Waals surface area (Å²) in [7, 11) is 0. The molecule has 1 aliphatic heterocycles. The molecule has 144 valence electrons. The first-order valence-corrected chi connectivity index (χ1v) is 9.90. The van der Waals surface area contributed by atoms with E-state index >= 15 is 0 Å². The van der Waals surface area contributed by atoms with Gasteiger partial charge >= 0.3 is 0 Å². The first kappa shape index (κ1) is 19.4. The lowest BCUT2D eigenvalue weighted by molar-refractivity contribution is -0.121. The highest BCUT2D eigenvalue weighted by Gasteiger charge is 2.17. The van der Waals surface area contributed by atoms with Gasteiger partial charge in [-0.1, -0.05) is 37.3 Å². The Morgan fingerprint density at radius 2 is 1.96 bits per heavy atom. The maximum absolute atomic E-state index is 13.6. The van der Waals surface area contributed by atoms with E-state index in [9.17, 15) is 9.18 Å². The fourth-order valence-corrected chi connectivity index (χ4v) is 3.74. The van der Waals surface area contributed by atoms with Crippen LogP contribution in [-0.4, -0.2) is 19.0 Å². The second-order valence-corrected chi connectivity index (χ2v) is 7.67. The third-order valence-electron chi connectivity index (χ3n) is 5.37. The minimum absolute atomic E-state index is 0.0558. The normalized spacial score (nSPS) is 18.2. The molecule has 0 bridgehead atoms. The molecular weight excluding hydrogens is 339 g/mol. The average molecular weight is 368 g/mol. The van der Waals surface area contributed by atoms with Crippen molar-refractivity contribution in [3.8, 4) is 0 Å². The molecule has 2 aromatic rings. The molecule has 4 heteroatoms. The number of anilines is 1. The van der Waals surface area contributed by atoms with Gasteiger partial charge in [-0.3, -0.25) is 4.79 Å². The Kier molecular flexibility index (Phi) is 6.49. The van der Waals surface area contributed by atoms with Gasteiger partial charge in [0.1, 0.15) is 5.82 Å². The zero-order valence-corrected chi connectivity index (χ0v) is 16.2. The van der Waals surface area contributed by atoms with Crippen molar-refractivity contribution in [2.24, 2.45) is 5.92 Å². The van der Waals surface area contributed by atoms with E-state index in [0.29, 0.717) is 12.0 Å². The molecule has 2 atom stereocenters. The molecule has 1 aliphatic rings. The number of nitrogens with one attached hydrogen (secondary N) is 1. The van der Waals surface area contributed by atoms with Crippen molar-refractivity contribution >= 4 is 11.6 Å². The maximum Gasteiger partial charge on any atom is 0.220 e. The Morgan fingerprint density at radius 1 is 1.22 bits per heavy atom. The van der Waals surface area contributed by atoms with Crippen LogP contribution in [0.15, 0.2) is 48.5 Å². The third kappa shape index (κ3) is 5.31. The summed E-state index contributed by atoms with van der Waals surface area (Å²) in [6.07, 6.45) is 3.26. The molecule has 1 saturated heterocycles. The van der Waals surface area contributed by atoms with E-state index in [0.717, 1.165) is 24.6 Å². The van der Waals surface area contributed by atoms with Gasteiger partial charge in [0.15, 0.2) is 0 Å². The summed E-state index contributed by atoms with van der Waals surface area (Å²) in [5.74, 6) is 0.437. The molecule has 3 rings (SSSR count). The number of hydrogen-bond acceptors (Lipinski definition) is 2. The second-order valence-electron chi connectivity index (χ2n) is 7.67. The molecule has 1 N–H and O–H groups in total. The van der Waals surface area contributed by atoms with Crippen LogP contribution < -0.4 is 10.2 Å². The van der Waals surface area contributed by atoms with Crippen LogP contribution in [0.4, 0.5) is 10.1 Å². The first-order valence-electron chi connectivity index (χ1n) is 9.90. The van der Waals surface area contributed by atoms with Crippen molar-refractivity contribution in [2.75, 3.05) is 18.0 Å². The van der Waals surface area contributed by atoms with Gasteiger partial charge in [0.05, 0.1) is 6.04 Å². The summed E-state index contributed by atoms with van der Waals surface area (Å²) in [6, 6.07) is 15.0. The molecule has 3 nitrogen and oxygen atoms in total. The number of amides is 1. The summed E-state index contributed by atoms with van der Waals surface area (Å²) in [5.41, 5.74) is 2.92. The van der Waals surface area contributed by atoms with Gasteiger partial charge in [-0.2, -0.15) is 0 Å². The van der Waals surface area contributed by atoms with E-state index in [-0.39, 0.29) is 24.2 Å². The van der Waals surface area contributed by atoms with Crippen LogP contribution in [0.3, 0.4) is 0 Å². The Bertz CT molecular complexity index is 759. The largest absolute Gasteiger partial charge is 0.371 e. The first-order chi connectivity index (χ1) is 13.0. The zero-order chi connectivity index (χ0) is 19.2. The molecule has 0 aliphatic carbocycles. The molecule has 1 heterocycles. The number of piperidine rings is 1. The number of rotatable bonds is 6. The molecule has 1 fully saturated rings. The van der Waals surface area contributed by atoms with Gasteiger partial charge in [-0.25, -0.2) is 4.39 Å². The highest BCUT2D eigenvalue weighted by atomic mass is 19.1. The van der Waals surface area contributed by atoms with Crippen LogP contribution in [0.25, 0.3) is 0 Å². The fourth-order valence-electron chi connectivity index (χ4n) is 3.74. The topological polar surface area (TPSA) is 32.3 Å². The van der Waals surface area contributed by atoms with Crippen molar-refractivity contribution in [2.45, 2.75) is 45.6 Å². The van der Waals surface area contributed by atoms with Gasteiger partial charge < -0.3 is 10.2 Å². The minimum atomic E-state index is -0.249. The quantitative estimate of drug-likeness (QED) is 0.789. The minimum Gasteiger partial charge on any atom is -0.371 e. The van der Waals surface area contributed by atoms with Crippen LogP contribution in [0, 0.1) is 11.7 Å². The monoisotopic (exact) mass is 368 g/mol. The molecular formula is C23H29FN2O. The van der Waals surface area contributed by atoms with Gasteiger partial charge in [-0.05, 0) is 61.4 Å². The molecule has 0 saturated carbocycles. The van der Waals surface area contributed by atoms with E-state index in [4.69, 9.17) is 0 Å². The zero-order valence-electron chi connectivity index (χ0n) is 16.2. The number of carbonyl (C=O) groups excluding carboxylic acids is 1. The Labute approximate surface area is 161 Å². The lowest BCUT2D eigenvalue weighted by Crippen LogP contribution is -2.34. The lowest BCUT2D eigenvalue weighted by Gasteiger charge is -2.33. The van der Waals surface area contributed by atoms with E-state index in [2.05, 4.69) is 41.4 Å². The molecule has 0 spiro atoms. The van der Waals surface area contributed by atoms with E-state index in [1.165, 1.54) is 24.6 Å². The summed E-state index contributed by atoms with van der Waals surface area (Å²) >= 11 is 0. The van der Waals surface area contributed by atoms with Gasteiger partial charge in [0.2, 0.25) is 5.91 Å². The van der Waals surface area contributed by atoms with Crippen LogP contribution in [0.5, 0.6) is 0 Å². The fraction of sp³-hybridized carbons (Fsp3) is 0.435. The summed E-state index contributed by atoms with van der Waals surface area (Å²) < 4.78 is 13.6. The molecule has 0 radical (unpaired) electrons. The second kappa shape index (κ2) is 9.03. The predicted octanol–water partition coefficient (Wildman–Crippen LogP) is 4.87. The van der Waals surface area contributed by atoms with Crippen molar-refractivity contribution in [3.05, 3.63) is 65.5 Å². The summed E-state index contributed by atoms with van der Waals surface area (Å²) in [5, 5.41) is 3.02. The third-order valence-corrected chi connectivity index (χ3v) is 5.37. The SMILES string of the molecule is C[C@H]1CCCN(c2ccc([C@H](C)NC(=O)CCc3ccccc3F)cc2)C1. The Morgan fingerprint density at radius 3 is 2.67 bits per heavy atom. The molecule has 1 amide bonds. The smallest absolute Gasteiger partial charge is 0.220 e. The number of benzene rings is 2. The molecule has 27 heavy (non-hydrogen) atoms. The highest BCUT2D eigenvalue weighted by Crippen LogP contribution is 2.24. The van der Waals surface area contributed by atoms with E-state index in [1.54, 1.807) is 18.2 Å². The van der Waals surface area contributed by atoms with Crippen molar-refractivity contribution in [1.82, 2.24) is 5.32 Å². The average Bonchev–Trinajstić information content (AvgIpc) is 2.67. The van der Waals surface area contributed by atoms with Crippen LogP contribution in [0.2, 0.25) is 0 Å². The standard InChI is InChI=1S/C23H29FN2O/c1-17-6-5-15-26(16-17)21-12-9-19(10-13-21)18(2)25-23(27)14-11-20-7-3-4-8-22(20)24/h3-4,7-10,12-13,17-18H,5-6,11,14-16H2,1-2H3,(H,25,27)/t17-,18-/m0/s1. The number of carbonyl (C=O) groups is 1. The Hall–Kier alpha value is -2.36. The van der Waals surface area contributed by atoms with E-state index < -0.39 is 0 Å². The lowest BCUT2D eigenvalue weighted by atomic mass is 9.99. The predicted molar refractivity (Wildman–Crippen MR) is 108 cm³/mol. The molecule has 2 aromatic carbocycles. The Balaban J connectivity index is 1.52. The van der Waals surface area contributed by atoms with Crippen LogP contribution in [-0.2, 0) is 11.2 Å². The van der Waals surface area contributed by atoms with E-state index in [1.807, 2.05) is 6.92 Å². The van der Waals surface area contributed by atoms with Crippen LogP contribution in [0.1, 0.15) is 50.3 Å². The van der Waals surface area contributed by atoms with Crippen molar-refractivity contribution in [1.29, 1.82) is 0 Å². The highest BCUT2D eigenvalue weighted by molar-refractivity contribution is 5.76. The summed E-state index contributed by atoms with van der Waals surface area (Å²) in [6.45, 7) is 6.52. The number of halogens is 1. The van der Waals surface area contributed by atoms with Crippen molar-refractivity contribution < 1.29 is 9.18 Å².